The number of likely N-dealkylation sites (tertiary alicyclic amines) is 2. The summed E-state index contributed by atoms with van der Waals surface area (Å²) in [6, 6.07) is 8.87. The minimum Gasteiger partial charge on any atom is -0.340 e. The Hall–Kier alpha value is -3.55. The number of nitrogens with zero attached hydrogens (tertiary/aromatic N) is 3. The number of hydrogen-bond acceptors (Lipinski definition) is 5. The van der Waals surface area contributed by atoms with E-state index in [4.69, 9.17) is 0 Å². The molecule has 0 bridgehead atoms. The van der Waals surface area contributed by atoms with Gasteiger partial charge >= 0.3 is 0 Å². The predicted octanol–water partition coefficient (Wildman–Crippen LogP) is 3.22. The molecule has 3 atom stereocenters. The van der Waals surface area contributed by atoms with Crippen molar-refractivity contribution >= 4 is 23.5 Å². The predicted molar refractivity (Wildman–Crippen MR) is 140 cm³/mol. The number of hydrogen-bond donors (Lipinski definition) is 1. The molecular formula is C29H36N4O4. The first kappa shape index (κ1) is 26.5. The number of rotatable bonds is 6. The lowest BCUT2D eigenvalue weighted by Gasteiger charge is -2.29. The molecule has 37 heavy (non-hydrogen) atoms. The van der Waals surface area contributed by atoms with Crippen LogP contribution in [0, 0.1) is 5.92 Å². The van der Waals surface area contributed by atoms with E-state index in [1.807, 2.05) is 26.0 Å². The Morgan fingerprint density at radius 1 is 1.00 bits per heavy atom. The standard InChI is InChI=1S/C29H36N4O4/c1-18(2)16-22(31-26(35)19-6-8-21(9-7-19)29(3,4)5)28(37)32-15-12-23-25(32)24(34)17-33(23)27(36)20-10-13-30-14-11-20/h6-11,13-14,18,22-23,25H,12,15-17H2,1-5H3,(H,31,35)/t22-,23+,25-/m0/s1. The quantitative estimate of drug-likeness (QED) is 0.651. The second-order valence-corrected chi connectivity index (χ2v) is 11.5. The Balaban J connectivity index is 1.50. The zero-order valence-electron chi connectivity index (χ0n) is 22.2. The number of benzene rings is 1. The monoisotopic (exact) mass is 504 g/mol. The van der Waals surface area contributed by atoms with Crippen molar-refractivity contribution < 1.29 is 19.2 Å². The van der Waals surface area contributed by atoms with E-state index in [2.05, 4.69) is 31.1 Å². The fraction of sp³-hybridized carbons (Fsp3) is 0.483. The molecule has 1 aromatic heterocycles. The van der Waals surface area contributed by atoms with Crippen LogP contribution in [0.25, 0.3) is 0 Å². The van der Waals surface area contributed by atoms with Gasteiger partial charge in [-0.15, -0.1) is 0 Å². The fourth-order valence-corrected chi connectivity index (χ4v) is 5.26. The van der Waals surface area contributed by atoms with Crippen molar-refractivity contribution in [3.05, 3.63) is 65.5 Å². The number of amides is 3. The third-order valence-corrected chi connectivity index (χ3v) is 7.22. The van der Waals surface area contributed by atoms with Crippen LogP contribution < -0.4 is 5.32 Å². The summed E-state index contributed by atoms with van der Waals surface area (Å²) in [4.78, 5) is 60.0. The first-order valence-electron chi connectivity index (χ1n) is 12.9. The molecular weight excluding hydrogens is 468 g/mol. The largest absolute Gasteiger partial charge is 0.340 e. The van der Waals surface area contributed by atoms with Crippen molar-refractivity contribution in [2.45, 2.75) is 71.0 Å². The molecule has 1 aromatic carbocycles. The van der Waals surface area contributed by atoms with Gasteiger partial charge in [0.15, 0.2) is 5.78 Å². The average Bonchev–Trinajstić information content (AvgIpc) is 3.44. The van der Waals surface area contributed by atoms with Gasteiger partial charge in [0.2, 0.25) is 5.91 Å². The van der Waals surface area contributed by atoms with Gasteiger partial charge < -0.3 is 15.1 Å². The first-order chi connectivity index (χ1) is 17.5. The highest BCUT2D eigenvalue weighted by molar-refractivity contribution is 6.03. The van der Waals surface area contributed by atoms with Crippen LogP contribution in [-0.4, -0.2) is 69.5 Å². The summed E-state index contributed by atoms with van der Waals surface area (Å²) in [5.74, 6) is -0.816. The van der Waals surface area contributed by atoms with Crippen molar-refractivity contribution in [1.29, 1.82) is 0 Å². The zero-order valence-corrected chi connectivity index (χ0v) is 22.2. The molecule has 196 valence electrons. The van der Waals surface area contributed by atoms with Crippen LogP contribution in [0.4, 0.5) is 0 Å². The van der Waals surface area contributed by atoms with Crippen LogP contribution in [0.2, 0.25) is 0 Å². The van der Waals surface area contributed by atoms with Gasteiger partial charge in [-0.05, 0) is 54.0 Å². The lowest BCUT2D eigenvalue weighted by Crippen LogP contribution is -2.53. The molecule has 0 unspecified atom stereocenters. The van der Waals surface area contributed by atoms with E-state index in [-0.39, 0.29) is 47.4 Å². The van der Waals surface area contributed by atoms with Crippen LogP contribution in [0.15, 0.2) is 48.8 Å². The maximum absolute atomic E-state index is 13.7. The summed E-state index contributed by atoms with van der Waals surface area (Å²) < 4.78 is 0. The average molecular weight is 505 g/mol. The van der Waals surface area contributed by atoms with Crippen molar-refractivity contribution in [3.8, 4) is 0 Å². The fourth-order valence-electron chi connectivity index (χ4n) is 5.26. The molecule has 3 heterocycles. The van der Waals surface area contributed by atoms with Crippen molar-refractivity contribution in [2.75, 3.05) is 13.1 Å². The lowest BCUT2D eigenvalue weighted by atomic mass is 9.86. The topological polar surface area (TPSA) is 99.7 Å². The van der Waals surface area contributed by atoms with Gasteiger partial charge in [-0.25, -0.2) is 0 Å². The molecule has 8 nitrogen and oxygen atoms in total. The van der Waals surface area contributed by atoms with Crippen LogP contribution in [0.3, 0.4) is 0 Å². The maximum atomic E-state index is 13.7. The highest BCUT2D eigenvalue weighted by atomic mass is 16.2. The molecule has 2 aromatic rings. The normalized spacial score (nSPS) is 20.2. The Labute approximate surface area is 218 Å². The minimum absolute atomic E-state index is 0.0262. The van der Waals surface area contributed by atoms with Gasteiger partial charge in [-0.2, -0.15) is 0 Å². The van der Waals surface area contributed by atoms with Gasteiger partial charge in [-0.3, -0.25) is 24.2 Å². The third kappa shape index (κ3) is 5.58. The number of nitrogens with one attached hydrogen (secondary N) is 1. The molecule has 2 saturated heterocycles. The molecule has 0 spiro atoms. The highest BCUT2D eigenvalue weighted by Crippen LogP contribution is 2.32. The molecule has 0 aliphatic carbocycles. The number of carbonyl (C=O) groups is 4. The van der Waals surface area contributed by atoms with Crippen molar-refractivity contribution in [1.82, 2.24) is 20.1 Å². The smallest absolute Gasteiger partial charge is 0.254 e. The molecule has 2 fully saturated rings. The first-order valence-corrected chi connectivity index (χ1v) is 12.9. The van der Waals surface area contributed by atoms with Gasteiger partial charge in [0.05, 0.1) is 12.6 Å². The van der Waals surface area contributed by atoms with Gasteiger partial charge in [0.25, 0.3) is 11.8 Å². The summed E-state index contributed by atoms with van der Waals surface area (Å²) in [6.07, 6.45) is 4.06. The van der Waals surface area contributed by atoms with Crippen LogP contribution >= 0.6 is 0 Å². The number of fused-ring (bicyclic) bond motifs is 1. The molecule has 2 aliphatic heterocycles. The molecule has 3 amide bonds. The minimum atomic E-state index is -0.758. The molecule has 4 rings (SSSR count). The highest BCUT2D eigenvalue weighted by Gasteiger charge is 2.52. The number of carbonyl (C=O) groups excluding carboxylic acids is 4. The number of ketones is 1. The molecule has 1 N–H and O–H groups in total. The SMILES string of the molecule is CC(C)C[C@H](NC(=O)c1ccc(C(C)(C)C)cc1)C(=O)N1CC[C@@H]2[C@H]1C(=O)CN2C(=O)c1ccncc1. The van der Waals surface area contributed by atoms with E-state index < -0.39 is 12.1 Å². The maximum Gasteiger partial charge on any atom is 0.254 e. The molecule has 0 radical (unpaired) electrons. The van der Waals surface area contributed by atoms with Gasteiger partial charge in [-0.1, -0.05) is 46.8 Å². The van der Waals surface area contributed by atoms with Crippen molar-refractivity contribution in [3.63, 3.8) is 0 Å². The second-order valence-electron chi connectivity index (χ2n) is 11.5. The zero-order chi connectivity index (χ0) is 26.9. The van der Waals surface area contributed by atoms with Gasteiger partial charge in [0, 0.05) is 30.1 Å². The Kier molecular flexibility index (Phi) is 7.48. The Morgan fingerprint density at radius 2 is 1.65 bits per heavy atom. The summed E-state index contributed by atoms with van der Waals surface area (Å²) in [7, 11) is 0. The number of Topliss-reactive ketones (excluding diaryl/α,β-unsaturated/α-hetero) is 1. The van der Waals surface area contributed by atoms with Crippen LogP contribution in [-0.2, 0) is 15.0 Å². The summed E-state index contributed by atoms with van der Waals surface area (Å²) in [5.41, 5.74) is 2.04. The van der Waals surface area contributed by atoms with Gasteiger partial charge in [0.1, 0.15) is 12.1 Å². The van der Waals surface area contributed by atoms with E-state index in [9.17, 15) is 19.2 Å². The Bertz CT molecular complexity index is 1170. The molecule has 0 saturated carbocycles. The number of aromatic nitrogens is 1. The van der Waals surface area contributed by atoms with Crippen LogP contribution in [0.1, 0.15) is 73.7 Å². The van der Waals surface area contributed by atoms with Crippen molar-refractivity contribution in [2.24, 2.45) is 5.92 Å². The molecule has 8 heteroatoms. The third-order valence-electron chi connectivity index (χ3n) is 7.22. The van der Waals surface area contributed by atoms with E-state index >= 15 is 0 Å². The number of pyridine rings is 1. The second kappa shape index (κ2) is 10.4. The summed E-state index contributed by atoms with van der Waals surface area (Å²) >= 11 is 0. The van der Waals surface area contributed by atoms with Crippen LogP contribution in [0.5, 0.6) is 0 Å². The summed E-state index contributed by atoms with van der Waals surface area (Å²) in [5, 5.41) is 2.93. The Morgan fingerprint density at radius 3 is 2.24 bits per heavy atom. The van der Waals surface area contributed by atoms with E-state index in [1.54, 1.807) is 46.5 Å². The lowest BCUT2D eigenvalue weighted by molar-refractivity contribution is -0.138. The summed E-state index contributed by atoms with van der Waals surface area (Å²) in [6.45, 7) is 10.7. The van der Waals surface area contributed by atoms with E-state index in [0.717, 1.165) is 5.56 Å². The molecule has 2 aliphatic rings. The van der Waals surface area contributed by atoms with E-state index in [0.29, 0.717) is 30.5 Å². The van der Waals surface area contributed by atoms with E-state index in [1.165, 1.54) is 0 Å².